The van der Waals surface area contributed by atoms with Crippen LogP contribution in [0.5, 0.6) is 0 Å². The summed E-state index contributed by atoms with van der Waals surface area (Å²) in [5.41, 5.74) is 0.578. The Morgan fingerprint density at radius 3 is 2.25 bits per heavy atom. The standard InChI is InChI=1S/C12H11F4NO3/c13-10(14)12(15,16)11(20)17-6-8-4-2-1-3-7(8)5-9(18)19/h1-4,10H,5-6H2,(H,17,20)(H,18,19). The maximum absolute atomic E-state index is 12.7. The Labute approximate surface area is 111 Å². The van der Waals surface area contributed by atoms with Gasteiger partial charge in [-0.3, -0.25) is 9.59 Å². The number of carboxylic acid groups (broad SMARTS) is 1. The van der Waals surface area contributed by atoms with Crippen LogP contribution in [0.3, 0.4) is 0 Å². The van der Waals surface area contributed by atoms with Crippen molar-refractivity contribution in [3.8, 4) is 0 Å². The molecule has 1 rings (SSSR count). The third kappa shape index (κ3) is 3.94. The van der Waals surface area contributed by atoms with Crippen LogP contribution >= 0.6 is 0 Å². The first kappa shape index (κ1) is 15.9. The summed E-state index contributed by atoms with van der Waals surface area (Å²) in [5, 5.41) is 10.3. The van der Waals surface area contributed by atoms with Crippen LogP contribution in [-0.2, 0) is 22.6 Å². The van der Waals surface area contributed by atoms with Gasteiger partial charge in [0.1, 0.15) is 0 Å². The van der Waals surface area contributed by atoms with Gasteiger partial charge in [0.05, 0.1) is 6.42 Å². The van der Waals surface area contributed by atoms with Crippen LogP contribution in [0, 0.1) is 0 Å². The fourth-order valence-corrected chi connectivity index (χ4v) is 1.46. The molecule has 0 fully saturated rings. The Bertz CT molecular complexity index is 505. The molecule has 1 amide bonds. The molecule has 0 unspecified atom stereocenters. The van der Waals surface area contributed by atoms with E-state index < -0.39 is 30.8 Å². The molecular formula is C12H11F4NO3. The molecule has 1 aromatic rings. The number of alkyl halides is 4. The number of hydrogen-bond donors (Lipinski definition) is 2. The lowest BCUT2D eigenvalue weighted by Crippen LogP contribution is -2.44. The van der Waals surface area contributed by atoms with Crippen LogP contribution in [0.1, 0.15) is 11.1 Å². The average Bonchev–Trinajstić information content (AvgIpc) is 2.36. The van der Waals surface area contributed by atoms with E-state index in [-0.39, 0.29) is 12.0 Å². The van der Waals surface area contributed by atoms with Crippen LogP contribution in [0.15, 0.2) is 24.3 Å². The fraction of sp³-hybridized carbons (Fsp3) is 0.333. The molecule has 8 heteroatoms. The van der Waals surface area contributed by atoms with Crippen molar-refractivity contribution in [3.05, 3.63) is 35.4 Å². The summed E-state index contributed by atoms with van der Waals surface area (Å²) in [5.74, 6) is -8.01. The molecule has 20 heavy (non-hydrogen) atoms. The van der Waals surface area contributed by atoms with E-state index >= 15 is 0 Å². The molecule has 0 aliphatic carbocycles. The summed E-state index contributed by atoms with van der Waals surface area (Å²) in [6.07, 6.45) is -4.46. The number of halogens is 4. The van der Waals surface area contributed by atoms with E-state index in [0.717, 1.165) is 0 Å². The van der Waals surface area contributed by atoms with E-state index in [9.17, 15) is 27.2 Å². The summed E-state index contributed by atoms with van der Waals surface area (Å²) < 4.78 is 49.3. The number of carboxylic acids is 1. The van der Waals surface area contributed by atoms with Crippen LogP contribution in [0.2, 0.25) is 0 Å². The van der Waals surface area contributed by atoms with Crippen molar-refractivity contribution >= 4 is 11.9 Å². The Balaban J connectivity index is 2.76. The van der Waals surface area contributed by atoms with Gasteiger partial charge in [-0.2, -0.15) is 8.78 Å². The summed E-state index contributed by atoms with van der Waals surface area (Å²) in [6, 6.07) is 5.91. The SMILES string of the molecule is O=C(O)Cc1ccccc1CNC(=O)C(F)(F)C(F)F. The Morgan fingerprint density at radius 2 is 1.75 bits per heavy atom. The Hall–Kier alpha value is -2.12. The number of nitrogens with one attached hydrogen (secondary N) is 1. The smallest absolute Gasteiger partial charge is 0.383 e. The molecule has 0 heterocycles. The minimum absolute atomic E-state index is 0.272. The van der Waals surface area contributed by atoms with Gasteiger partial charge in [-0.1, -0.05) is 24.3 Å². The van der Waals surface area contributed by atoms with Gasteiger partial charge in [-0.05, 0) is 11.1 Å². The quantitative estimate of drug-likeness (QED) is 0.786. The third-order valence-electron chi connectivity index (χ3n) is 2.48. The highest BCUT2D eigenvalue weighted by Crippen LogP contribution is 2.23. The van der Waals surface area contributed by atoms with E-state index in [1.165, 1.54) is 24.3 Å². The van der Waals surface area contributed by atoms with Crippen molar-refractivity contribution in [2.24, 2.45) is 0 Å². The molecule has 2 N–H and O–H groups in total. The van der Waals surface area contributed by atoms with Crippen molar-refractivity contribution in [1.29, 1.82) is 0 Å². The number of carbonyl (C=O) groups excluding carboxylic acids is 1. The van der Waals surface area contributed by atoms with Crippen molar-refractivity contribution < 1.29 is 32.3 Å². The zero-order valence-corrected chi connectivity index (χ0v) is 10.1. The van der Waals surface area contributed by atoms with Gasteiger partial charge in [0.2, 0.25) is 0 Å². The van der Waals surface area contributed by atoms with Crippen molar-refractivity contribution in [1.82, 2.24) is 5.32 Å². The summed E-state index contributed by atoms with van der Waals surface area (Å²) in [4.78, 5) is 21.6. The zero-order chi connectivity index (χ0) is 15.3. The molecule has 0 aromatic heterocycles. The Kier molecular flexibility index (Phi) is 5.06. The van der Waals surface area contributed by atoms with Gasteiger partial charge in [-0.15, -0.1) is 0 Å². The maximum atomic E-state index is 12.7. The van der Waals surface area contributed by atoms with Crippen molar-refractivity contribution in [2.75, 3.05) is 0 Å². The second-order valence-corrected chi connectivity index (χ2v) is 3.95. The van der Waals surface area contributed by atoms with Gasteiger partial charge in [-0.25, -0.2) is 8.78 Å². The highest BCUT2D eigenvalue weighted by atomic mass is 19.3. The largest absolute Gasteiger partial charge is 0.481 e. The molecule has 110 valence electrons. The zero-order valence-electron chi connectivity index (χ0n) is 10.1. The first-order chi connectivity index (χ1) is 9.25. The lowest BCUT2D eigenvalue weighted by atomic mass is 10.0. The predicted molar refractivity (Wildman–Crippen MR) is 60.6 cm³/mol. The highest BCUT2D eigenvalue weighted by Gasteiger charge is 2.48. The molecule has 0 bridgehead atoms. The molecule has 0 spiro atoms. The number of aliphatic carboxylic acids is 1. The fourth-order valence-electron chi connectivity index (χ4n) is 1.46. The van der Waals surface area contributed by atoms with Gasteiger partial charge in [0.25, 0.3) is 5.91 Å². The molecule has 0 atom stereocenters. The number of rotatable bonds is 6. The first-order valence-corrected chi connectivity index (χ1v) is 5.48. The molecule has 0 aliphatic heterocycles. The van der Waals surface area contributed by atoms with Crippen molar-refractivity contribution in [2.45, 2.75) is 25.3 Å². The summed E-state index contributed by atoms with van der Waals surface area (Å²) in [7, 11) is 0. The van der Waals surface area contributed by atoms with Crippen LogP contribution in [0.4, 0.5) is 17.6 Å². The minimum atomic E-state index is -4.78. The first-order valence-electron chi connectivity index (χ1n) is 5.48. The lowest BCUT2D eigenvalue weighted by Gasteiger charge is -2.15. The highest BCUT2D eigenvalue weighted by molar-refractivity contribution is 5.83. The molecule has 0 saturated heterocycles. The number of hydrogen-bond acceptors (Lipinski definition) is 2. The molecular weight excluding hydrogens is 282 g/mol. The van der Waals surface area contributed by atoms with E-state index in [4.69, 9.17) is 5.11 Å². The number of benzene rings is 1. The van der Waals surface area contributed by atoms with E-state index in [1.807, 2.05) is 0 Å². The van der Waals surface area contributed by atoms with E-state index in [0.29, 0.717) is 5.56 Å². The van der Waals surface area contributed by atoms with Crippen LogP contribution in [-0.4, -0.2) is 29.3 Å². The normalized spacial score (nSPS) is 11.4. The van der Waals surface area contributed by atoms with Gasteiger partial charge >= 0.3 is 18.3 Å². The molecule has 1 aromatic carbocycles. The van der Waals surface area contributed by atoms with E-state index in [1.54, 1.807) is 5.32 Å². The van der Waals surface area contributed by atoms with Crippen LogP contribution in [0.25, 0.3) is 0 Å². The second kappa shape index (κ2) is 6.36. The third-order valence-corrected chi connectivity index (χ3v) is 2.48. The monoisotopic (exact) mass is 293 g/mol. The molecule has 0 saturated carbocycles. The number of carbonyl (C=O) groups is 2. The van der Waals surface area contributed by atoms with Gasteiger partial charge in [0.15, 0.2) is 0 Å². The Morgan fingerprint density at radius 1 is 1.20 bits per heavy atom. The number of amides is 1. The van der Waals surface area contributed by atoms with Gasteiger partial charge < -0.3 is 10.4 Å². The average molecular weight is 293 g/mol. The van der Waals surface area contributed by atoms with Crippen LogP contribution < -0.4 is 5.32 Å². The topological polar surface area (TPSA) is 66.4 Å². The van der Waals surface area contributed by atoms with Gasteiger partial charge in [0, 0.05) is 6.54 Å². The summed E-state index contributed by atoms with van der Waals surface area (Å²) >= 11 is 0. The molecule has 0 aliphatic rings. The predicted octanol–water partition coefficient (Wildman–Crippen LogP) is 1.83. The maximum Gasteiger partial charge on any atom is 0.383 e. The lowest BCUT2D eigenvalue weighted by molar-refractivity contribution is -0.169. The second-order valence-electron chi connectivity index (χ2n) is 3.95. The molecule has 0 radical (unpaired) electrons. The van der Waals surface area contributed by atoms with E-state index in [2.05, 4.69) is 0 Å². The minimum Gasteiger partial charge on any atom is -0.481 e. The molecule has 4 nitrogen and oxygen atoms in total. The summed E-state index contributed by atoms with van der Waals surface area (Å²) in [6.45, 7) is -0.454. The van der Waals surface area contributed by atoms with Crippen molar-refractivity contribution in [3.63, 3.8) is 0 Å².